The predicted molar refractivity (Wildman–Crippen MR) is 37.0 cm³/mol. The van der Waals surface area contributed by atoms with Crippen LogP contribution in [-0.2, 0) is 0 Å². The average Bonchev–Trinajstić information content (AvgIpc) is 1.41. The fourth-order valence-corrected chi connectivity index (χ4v) is 1.50. The van der Waals surface area contributed by atoms with Crippen LogP contribution >= 0.6 is 17.0 Å². The van der Waals surface area contributed by atoms with Crippen LogP contribution < -0.4 is 0 Å². The third kappa shape index (κ3) is 8.93. The maximum absolute atomic E-state index is 2.28. The summed E-state index contributed by atoms with van der Waals surface area (Å²) in [4.78, 5) is 3.00. The van der Waals surface area contributed by atoms with Crippen LogP contribution in [0.25, 0.3) is 0 Å². The van der Waals surface area contributed by atoms with Gasteiger partial charge in [-0.3, -0.25) is 0 Å². The Morgan fingerprint density at radius 2 is 1.50 bits per heavy atom. The predicted octanol–water partition coefficient (Wildman–Crippen LogP) is 2.14. The molecule has 6 heavy (non-hydrogen) atoms. The summed E-state index contributed by atoms with van der Waals surface area (Å²) >= 11 is 0.312. The number of hydrogen-bond donors (Lipinski definition) is 0. The Balaban J connectivity index is 0. The van der Waals surface area contributed by atoms with E-state index in [2.05, 4.69) is 13.8 Å². The summed E-state index contributed by atoms with van der Waals surface area (Å²) in [6, 6.07) is 0. The molecule has 0 nitrogen and oxygen atoms in total. The van der Waals surface area contributed by atoms with Gasteiger partial charge in [0.25, 0.3) is 0 Å². The van der Waals surface area contributed by atoms with E-state index in [1.807, 2.05) is 0 Å². The van der Waals surface area contributed by atoms with E-state index in [9.17, 15) is 0 Å². The van der Waals surface area contributed by atoms with E-state index in [1.165, 1.54) is 9.95 Å². The molecule has 0 amide bonds. The van der Waals surface area contributed by atoms with Crippen LogP contribution in [0.3, 0.4) is 0 Å². The normalized spacial score (nSPS) is 6.33. The molecule has 0 saturated carbocycles. The Kier molecular flexibility index (Phi) is 16.0. The molecule has 0 atom stereocenters. The second kappa shape index (κ2) is 9.45. The maximum atomic E-state index is 2.28. The fraction of sp³-hybridized carbons (Fsp3) is 1.00. The number of halogens is 1. The Morgan fingerprint density at radius 1 is 1.17 bits per heavy atom. The standard InChI is InChI=1S/2C2H5.BrH.Ga/c2*1-2;;/h2*1H2,2H3;1H;. The monoisotopic (exact) mass is 207 g/mol. The van der Waals surface area contributed by atoms with Gasteiger partial charge in [-0.05, 0) is 0 Å². The summed E-state index contributed by atoms with van der Waals surface area (Å²) in [7, 11) is 0. The van der Waals surface area contributed by atoms with Gasteiger partial charge < -0.3 is 0 Å². The molecule has 0 unspecified atom stereocenters. The number of rotatable bonds is 2. The molecule has 0 rings (SSSR count). The molecule has 0 N–H and O–H groups in total. The summed E-state index contributed by atoms with van der Waals surface area (Å²) in [6.07, 6.45) is 0. The van der Waals surface area contributed by atoms with Crippen LogP contribution in [0.1, 0.15) is 13.8 Å². The molecule has 0 bridgehead atoms. The van der Waals surface area contributed by atoms with Crippen LogP contribution in [0.5, 0.6) is 0 Å². The molecule has 1 radical (unpaired) electrons. The zero-order chi connectivity index (χ0) is 4.12. The van der Waals surface area contributed by atoms with Crippen LogP contribution in [-0.4, -0.2) is 17.4 Å². The summed E-state index contributed by atoms with van der Waals surface area (Å²) < 4.78 is 0. The van der Waals surface area contributed by atoms with Crippen LogP contribution in [0.2, 0.25) is 9.95 Å². The molecular formula is C4H11BrGa. The molecule has 0 aliphatic rings. The third-order valence-electron chi connectivity index (χ3n) is 0.577. The molecule has 0 spiro atoms. The molecule has 0 fully saturated rings. The minimum absolute atomic E-state index is 0. The first-order valence-electron chi connectivity index (χ1n) is 2.23. The molecule has 0 aromatic rings. The van der Waals surface area contributed by atoms with Gasteiger partial charge in [0.1, 0.15) is 0 Å². The van der Waals surface area contributed by atoms with Gasteiger partial charge in [-0.25, -0.2) is 0 Å². The van der Waals surface area contributed by atoms with Gasteiger partial charge in [0, 0.05) is 0 Å². The summed E-state index contributed by atoms with van der Waals surface area (Å²) in [6.45, 7) is 4.56. The van der Waals surface area contributed by atoms with Crippen molar-refractivity contribution in [2.24, 2.45) is 0 Å². The Morgan fingerprint density at radius 3 is 1.50 bits per heavy atom. The quantitative estimate of drug-likeness (QED) is 0.611. The van der Waals surface area contributed by atoms with Gasteiger partial charge in [-0.1, -0.05) is 0 Å². The van der Waals surface area contributed by atoms with E-state index in [-0.39, 0.29) is 17.0 Å². The van der Waals surface area contributed by atoms with E-state index in [4.69, 9.17) is 0 Å². The Labute approximate surface area is 58.3 Å². The first kappa shape index (κ1) is 10.2. The second-order valence-corrected chi connectivity index (χ2v) is 5.74. The van der Waals surface area contributed by atoms with Crippen LogP contribution in [0.4, 0.5) is 0 Å². The van der Waals surface area contributed by atoms with E-state index in [1.54, 1.807) is 0 Å². The molecule has 0 aliphatic heterocycles. The van der Waals surface area contributed by atoms with Crippen molar-refractivity contribution in [1.29, 1.82) is 0 Å². The van der Waals surface area contributed by atoms with Crippen molar-refractivity contribution < 1.29 is 0 Å². The molecule has 37 valence electrons. The zero-order valence-electron chi connectivity index (χ0n) is 4.40. The van der Waals surface area contributed by atoms with Crippen molar-refractivity contribution in [3.63, 3.8) is 0 Å². The van der Waals surface area contributed by atoms with Gasteiger partial charge in [-0.15, -0.1) is 17.0 Å². The molecule has 0 aromatic carbocycles. The van der Waals surface area contributed by atoms with Gasteiger partial charge in [0.05, 0.1) is 0 Å². The molecule has 2 heteroatoms. The topological polar surface area (TPSA) is 0 Å². The van der Waals surface area contributed by atoms with Crippen molar-refractivity contribution in [2.45, 2.75) is 23.8 Å². The van der Waals surface area contributed by atoms with Crippen molar-refractivity contribution in [1.82, 2.24) is 0 Å². The van der Waals surface area contributed by atoms with E-state index < -0.39 is 0 Å². The van der Waals surface area contributed by atoms with Crippen LogP contribution in [0, 0.1) is 0 Å². The van der Waals surface area contributed by atoms with Gasteiger partial charge >= 0.3 is 41.2 Å². The fourth-order valence-electron chi connectivity index (χ4n) is 0.289. The summed E-state index contributed by atoms with van der Waals surface area (Å²) in [5, 5.41) is 0. The van der Waals surface area contributed by atoms with Crippen LogP contribution in [0.15, 0.2) is 0 Å². The molecular weight excluding hydrogens is 198 g/mol. The van der Waals surface area contributed by atoms with Crippen molar-refractivity contribution in [3.05, 3.63) is 0 Å². The molecule has 0 aliphatic carbocycles. The first-order chi connectivity index (χ1) is 2.41. The second-order valence-electron chi connectivity index (χ2n) is 1.11. The third-order valence-corrected chi connectivity index (χ3v) is 3.00. The minimum atomic E-state index is 0. The molecule has 0 aromatic heterocycles. The Bertz CT molecular complexity index is 15.0. The average molecular weight is 209 g/mol. The van der Waals surface area contributed by atoms with E-state index >= 15 is 0 Å². The van der Waals surface area contributed by atoms with Crippen molar-refractivity contribution in [2.75, 3.05) is 0 Å². The van der Waals surface area contributed by atoms with Crippen molar-refractivity contribution in [3.8, 4) is 0 Å². The van der Waals surface area contributed by atoms with Gasteiger partial charge in [-0.2, -0.15) is 0 Å². The molecule has 0 heterocycles. The SMILES string of the molecule is Br.C[CH2][Ga][CH2]C. The zero-order valence-corrected chi connectivity index (χ0v) is 8.54. The van der Waals surface area contributed by atoms with Gasteiger partial charge in [0.2, 0.25) is 0 Å². The summed E-state index contributed by atoms with van der Waals surface area (Å²) in [5.74, 6) is 0. The Hall–Kier alpha value is 1.12. The van der Waals surface area contributed by atoms with E-state index in [0.29, 0.717) is 17.4 Å². The van der Waals surface area contributed by atoms with Crippen molar-refractivity contribution >= 4 is 34.4 Å². The van der Waals surface area contributed by atoms with E-state index in [0.717, 1.165) is 0 Å². The number of hydrogen-bond acceptors (Lipinski definition) is 0. The first-order valence-corrected chi connectivity index (χ1v) is 5.66. The summed E-state index contributed by atoms with van der Waals surface area (Å²) in [5.41, 5.74) is 0. The van der Waals surface area contributed by atoms with Gasteiger partial charge in [0.15, 0.2) is 0 Å². The molecule has 0 saturated heterocycles.